The predicted octanol–water partition coefficient (Wildman–Crippen LogP) is 2.68. The van der Waals surface area contributed by atoms with E-state index in [0.717, 1.165) is 15.0 Å². The van der Waals surface area contributed by atoms with Gasteiger partial charge in [-0.2, -0.15) is 0 Å². The van der Waals surface area contributed by atoms with Gasteiger partial charge in [-0.1, -0.05) is 45.8 Å². The van der Waals surface area contributed by atoms with Crippen LogP contribution < -0.4 is 5.43 Å². The van der Waals surface area contributed by atoms with Crippen LogP contribution in [-0.2, 0) is 14.3 Å². The number of aryl methyl sites for hydroxylation is 1. The van der Waals surface area contributed by atoms with Crippen molar-refractivity contribution in [3.05, 3.63) is 69.7 Å². The first kappa shape index (κ1) is 20.7. The Labute approximate surface area is 176 Å². The van der Waals surface area contributed by atoms with Gasteiger partial charge in [0.2, 0.25) is 5.91 Å². The molecule has 3 rings (SSSR count). The summed E-state index contributed by atoms with van der Waals surface area (Å²) in [5, 5.41) is 1.12. The number of hydrogen-bond donors (Lipinski definition) is 1. The lowest BCUT2D eigenvalue weighted by Crippen LogP contribution is -2.43. The zero-order valence-electron chi connectivity index (χ0n) is 15.7. The summed E-state index contributed by atoms with van der Waals surface area (Å²) in [6, 6.07) is 13.6. The Morgan fingerprint density at radius 3 is 2.34 bits per heavy atom. The molecule has 2 aromatic carbocycles. The minimum atomic E-state index is -0.737. The molecule has 8 heteroatoms. The Bertz CT molecular complexity index is 941. The average molecular weight is 459 g/mol. The molecule has 1 aliphatic rings. The average Bonchev–Trinajstić information content (AvgIpc) is 3.07. The lowest BCUT2D eigenvalue weighted by molar-refractivity contribution is -0.147. The van der Waals surface area contributed by atoms with Crippen molar-refractivity contribution in [1.82, 2.24) is 10.4 Å². The van der Waals surface area contributed by atoms with Crippen LogP contribution in [0, 0.1) is 12.8 Å². The Morgan fingerprint density at radius 1 is 1.07 bits per heavy atom. The van der Waals surface area contributed by atoms with Gasteiger partial charge >= 0.3 is 5.97 Å². The molecule has 0 bridgehead atoms. The minimum absolute atomic E-state index is 0.00173. The maximum Gasteiger partial charge on any atom is 0.311 e. The third kappa shape index (κ3) is 5.29. The van der Waals surface area contributed by atoms with E-state index in [4.69, 9.17) is 4.74 Å². The molecule has 0 saturated carbocycles. The first-order chi connectivity index (χ1) is 13.8. The zero-order chi connectivity index (χ0) is 21.0. The number of ether oxygens (including phenoxy) is 1. The Balaban J connectivity index is 1.51. The zero-order valence-corrected chi connectivity index (χ0v) is 17.3. The van der Waals surface area contributed by atoms with E-state index in [1.54, 1.807) is 48.5 Å². The first-order valence-electron chi connectivity index (χ1n) is 8.97. The number of ketones is 1. The fourth-order valence-electron chi connectivity index (χ4n) is 2.84. The van der Waals surface area contributed by atoms with Gasteiger partial charge in [0.05, 0.1) is 12.5 Å². The molecule has 7 nitrogen and oxygen atoms in total. The van der Waals surface area contributed by atoms with Crippen LogP contribution in [0.15, 0.2) is 53.0 Å². The lowest BCUT2D eigenvalue weighted by Gasteiger charge is -2.17. The normalized spacial score (nSPS) is 15.9. The SMILES string of the molecule is Cc1ccc(C(=O)NN2C[C@H](C(=O)OCC(=O)c3ccc(Br)cc3)CC2=O)cc1. The van der Waals surface area contributed by atoms with Crippen molar-refractivity contribution in [3.63, 3.8) is 0 Å². The fraction of sp³-hybridized carbons (Fsp3) is 0.238. The van der Waals surface area contributed by atoms with Gasteiger partial charge in [0, 0.05) is 22.0 Å². The van der Waals surface area contributed by atoms with Crippen molar-refractivity contribution >= 4 is 39.5 Å². The van der Waals surface area contributed by atoms with Crippen LogP contribution in [0.2, 0.25) is 0 Å². The van der Waals surface area contributed by atoms with E-state index in [2.05, 4.69) is 21.4 Å². The summed E-state index contributed by atoms with van der Waals surface area (Å²) in [5.74, 6) is -2.53. The number of nitrogens with zero attached hydrogens (tertiary/aromatic N) is 1. The lowest BCUT2D eigenvalue weighted by atomic mass is 10.1. The maximum absolute atomic E-state index is 12.3. The van der Waals surface area contributed by atoms with E-state index in [9.17, 15) is 19.2 Å². The van der Waals surface area contributed by atoms with Gasteiger partial charge in [-0.15, -0.1) is 0 Å². The van der Waals surface area contributed by atoms with Crippen LogP contribution in [0.1, 0.15) is 32.7 Å². The second kappa shape index (κ2) is 9.00. The molecule has 1 saturated heterocycles. The molecule has 0 aromatic heterocycles. The molecule has 1 fully saturated rings. The minimum Gasteiger partial charge on any atom is -0.457 e. The third-order valence-electron chi connectivity index (χ3n) is 4.52. The van der Waals surface area contributed by atoms with Crippen LogP contribution in [0.3, 0.4) is 0 Å². The molecule has 0 radical (unpaired) electrons. The van der Waals surface area contributed by atoms with E-state index in [1.807, 2.05) is 6.92 Å². The number of esters is 1. The molecule has 29 heavy (non-hydrogen) atoms. The summed E-state index contributed by atoms with van der Waals surface area (Å²) >= 11 is 3.28. The number of rotatable bonds is 6. The van der Waals surface area contributed by atoms with Gasteiger partial charge in [0.15, 0.2) is 12.4 Å². The molecule has 0 aliphatic carbocycles. The summed E-state index contributed by atoms with van der Waals surface area (Å²) < 4.78 is 5.92. The molecule has 2 aromatic rings. The van der Waals surface area contributed by atoms with E-state index in [-0.39, 0.29) is 24.7 Å². The van der Waals surface area contributed by atoms with Gasteiger partial charge < -0.3 is 4.74 Å². The van der Waals surface area contributed by atoms with Gasteiger partial charge in [0.25, 0.3) is 5.91 Å². The fourth-order valence-corrected chi connectivity index (χ4v) is 3.10. The second-order valence-corrected chi connectivity index (χ2v) is 7.67. The third-order valence-corrected chi connectivity index (χ3v) is 5.05. The molecule has 150 valence electrons. The second-order valence-electron chi connectivity index (χ2n) is 6.75. The van der Waals surface area contributed by atoms with E-state index in [1.165, 1.54) is 0 Å². The number of carbonyl (C=O) groups excluding carboxylic acids is 4. The molecular weight excluding hydrogens is 440 g/mol. The molecule has 1 heterocycles. The predicted molar refractivity (Wildman–Crippen MR) is 108 cm³/mol. The molecule has 1 N–H and O–H groups in total. The highest BCUT2D eigenvalue weighted by Gasteiger charge is 2.36. The van der Waals surface area contributed by atoms with Crippen LogP contribution in [0.25, 0.3) is 0 Å². The highest BCUT2D eigenvalue weighted by molar-refractivity contribution is 9.10. The summed E-state index contributed by atoms with van der Waals surface area (Å²) in [6.07, 6.45) is -0.0838. The van der Waals surface area contributed by atoms with Gasteiger partial charge in [-0.3, -0.25) is 29.6 Å². The number of Topliss-reactive ketones (excluding diaryl/α,β-unsaturated/α-hetero) is 1. The number of hydrogen-bond acceptors (Lipinski definition) is 5. The molecule has 0 spiro atoms. The van der Waals surface area contributed by atoms with Crippen LogP contribution in [-0.4, -0.2) is 41.7 Å². The van der Waals surface area contributed by atoms with Crippen LogP contribution in [0.5, 0.6) is 0 Å². The van der Waals surface area contributed by atoms with Crippen LogP contribution in [0.4, 0.5) is 0 Å². The molecular formula is C21H19BrN2O5. The van der Waals surface area contributed by atoms with Crippen molar-refractivity contribution in [3.8, 4) is 0 Å². The summed E-state index contributed by atoms with van der Waals surface area (Å²) in [7, 11) is 0. The van der Waals surface area contributed by atoms with Crippen LogP contribution >= 0.6 is 15.9 Å². The number of nitrogens with one attached hydrogen (secondary N) is 1. The largest absolute Gasteiger partial charge is 0.457 e. The smallest absolute Gasteiger partial charge is 0.311 e. The van der Waals surface area contributed by atoms with Gasteiger partial charge in [-0.05, 0) is 31.2 Å². The van der Waals surface area contributed by atoms with Crippen molar-refractivity contribution in [2.75, 3.05) is 13.2 Å². The molecule has 1 atom stereocenters. The quantitative estimate of drug-likeness (QED) is 0.530. The Kier molecular flexibility index (Phi) is 6.43. The molecule has 1 aliphatic heterocycles. The number of carbonyl (C=O) groups is 4. The van der Waals surface area contributed by atoms with Gasteiger partial charge in [-0.25, -0.2) is 0 Å². The number of benzene rings is 2. The number of halogens is 1. The Morgan fingerprint density at radius 2 is 1.69 bits per heavy atom. The maximum atomic E-state index is 12.3. The first-order valence-corrected chi connectivity index (χ1v) is 9.76. The summed E-state index contributed by atoms with van der Waals surface area (Å²) in [6.45, 7) is 1.51. The Hall–Kier alpha value is -3.00. The standard InChI is InChI=1S/C21H19BrN2O5/c1-13-2-4-15(5-3-13)20(27)23-24-11-16(10-19(24)26)21(28)29-12-18(25)14-6-8-17(22)9-7-14/h2-9,16H,10-12H2,1H3,(H,23,27)/t16-/m1/s1. The van der Waals surface area contributed by atoms with Crippen molar-refractivity contribution in [2.24, 2.45) is 5.92 Å². The summed E-state index contributed by atoms with van der Waals surface area (Å²) in [4.78, 5) is 48.7. The summed E-state index contributed by atoms with van der Waals surface area (Å²) in [5.41, 5.74) is 4.36. The van der Waals surface area contributed by atoms with Crippen molar-refractivity contribution in [1.29, 1.82) is 0 Å². The monoisotopic (exact) mass is 458 g/mol. The van der Waals surface area contributed by atoms with Gasteiger partial charge in [0.1, 0.15) is 0 Å². The highest BCUT2D eigenvalue weighted by atomic mass is 79.9. The van der Waals surface area contributed by atoms with Crippen molar-refractivity contribution < 1.29 is 23.9 Å². The number of amides is 2. The highest BCUT2D eigenvalue weighted by Crippen LogP contribution is 2.18. The molecule has 2 amide bonds. The van der Waals surface area contributed by atoms with E-state index in [0.29, 0.717) is 11.1 Å². The van der Waals surface area contributed by atoms with Crippen molar-refractivity contribution in [2.45, 2.75) is 13.3 Å². The molecule has 0 unspecified atom stereocenters. The van der Waals surface area contributed by atoms with E-state index < -0.39 is 24.4 Å². The topological polar surface area (TPSA) is 92.8 Å². The van der Waals surface area contributed by atoms with E-state index >= 15 is 0 Å². The number of hydrazine groups is 1.